The van der Waals surface area contributed by atoms with Crippen molar-refractivity contribution in [3.63, 3.8) is 0 Å². The highest BCUT2D eigenvalue weighted by Gasteiger charge is 2.23. The van der Waals surface area contributed by atoms with Crippen LogP contribution in [-0.4, -0.2) is 31.7 Å². The molecule has 0 fully saturated rings. The summed E-state index contributed by atoms with van der Waals surface area (Å²) >= 11 is 0. The van der Waals surface area contributed by atoms with Crippen molar-refractivity contribution in [3.8, 4) is 0 Å². The molecular weight excluding hydrogens is 379 g/mol. The van der Waals surface area contributed by atoms with Crippen LogP contribution in [0.3, 0.4) is 0 Å². The highest BCUT2D eigenvalue weighted by molar-refractivity contribution is 7.89. The molecule has 1 N–H and O–H groups in total. The van der Waals surface area contributed by atoms with Gasteiger partial charge in [0.25, 0.3) is 0 Å². The molecule has 1 amide bonds. The molecule has 2 aromatic carbocycles. The van der Waals surface area contributed by atoms with E-state index in [0.717, 1.165) is 11.1 Å². The number of halogens is 1. The Balaban J connectivity index is 2.30. The molecule has 7 heteroatoms. The lowest BCUT2D eigenvalue weighted by Gasteiger charge is -2.20. The number of anilines is 1. The Morgan fingerprint density at radius 2 is 1.82 bits per heavy atom. The summed E-state index contributed by atoms with van der Waals surface area (Å²) in [5.41, 5.74) is 2.53. The number of benzene rings is 2. The van der Waals surface area contributed by atoms with Gasteiger partial charge in [0.05, 0.1) is 4.90 Å². The number of hydrogen-bond donors (Lipinski definition) is 1. The first-order valence-electron chi connectivity index (χ1n) is 9.05. The summed E-state index contributed by atoms with van der Waals surface area (Å²) < 4.78 is 40.2. The molecule has 28 heavy (non-hydrogen) atoms. The lowest BCUT2D eigenvalue weighted by Crippen LogP contribution is -2.30. The van der Waals surface area contributed by atoms with E-state index in [0.29, 0.717) is 24.3 Å². The summed E-state index contributed by atoms with van der Waals surface area (Å²) in [6.45, 7) is 7.90. The van der Waals surface area contributed by atoms with E-state index in [1.54, 1.807) is 39.0 Å². The predicted octanol–water partition coefficient (Wildman–Crippen LogP) is 4.12. The second kappa shape index (κ2) is 9.12. The maximum atomic E-state index is 13.2. The molecule has 0 aliphatic heterocycles. The Bertz CT molecular complexity index is 997. The molecule has 0 atom stereocenters. The van der Waals surface area contributed by atoms with Gasteiger partial charge in [0.1, 0.15) is 5.82 Å². The molecular formula is C21H25FN2O3S. The maximum absolute atomic E-state index is 13.2. The first-order valence-corrected chi connectivity index (χ1v) is 10.5. The fraction of sp³-hybridized carbons (Fsp3) is 0.286. The highest BCUT2D eigenvalue weighted by atomic mass is 32.2. The van der Waals surface area contributed by atoms with Crippen molar-refractivity contribution >= 4 is 27.7 Å². The molecule has 2 aromatic rings. The second-order valence-corrected chi connectivity index (χ2v) is 8.32. The van der Waals surface area contributed by atoms with Gasteiger partial charge in [0.2, 0.25) is 15.9 Å². The van der Waals surface area contributed by atoms with Gasteiger partial charge in [-0.25, -0.2) is 12.8 Å². The van der Waals surface area contributed by atoms with Gasteiger partial charge in [-0.15, -0.1) is 0 Å². The summed E-state index contributed by atoms with van der Waals surface area (Å²) in [6, 6.07) is 8.97. The minimum Gasteiger partial charge on any atom is -0.322 e. The summed E-state index contributed by atoms with van der Waals surface area (Å²) in [7, 11) is -3.64. The molecule has 0 radical (unpaired) electrons. The first kappa shape index (κ1) is 21.8. The van der Waals surface area contributed by atoms with Gasteiger partial charge < -0.3 is 5.32 Å². The lowest BCUT2D eigenvalue weighted by atomic mass is 10.1. The lowest BCUT2D eigenvalue weighted by molar-refractivity contribution is -0.111. The van der Waals surface area contributed by atoms with Gasteiger partial charge in [-0.05, 0) is 60.9 Å². The third-order valence-electron chi connectivity index (χ3n) is 4.52. The third kappa shape index (κ3) is 5.05. The quantitative estimate of drug-likeness (QED) is 0.706. The Labute approximate surface area is 165 Å². The van der Waals surface area contributed by atoms with Crippen molar-refractivity contribution in [2.24, 2.45) is 0 Å². The molecule has 0 heterocycles. The minimum absolute atomic E-state index is 0.142. The third-order valence-corrected chi connectivity index (χ3v) is 6.55. The van der Waals surface area contributed by atoms with Crippen molar-refractivity contribution in [3.05, 3.63) is 65.0 Å². The summed E-state index contributed by atoms with van der Waals surface area (Å²) in [5.74, 6) is -0.813. The minimum atomic E-state index is -3.64. The van der Waals surface area contributed by atoms with E-state index in [2.05, 4.69) is 5.32 Å². The molecule has 0 bridgehead atoms. The molecule has 150 valence electrons. The van der Waals surface area contributed by atoms with E-state index in [1.807, 2.05) is 6.92 Å². The zero-order chi connectivity index (χ0) is 20.9. The molecule has 0 saturated heterocycles. The van der Waals surface area contributed by atoms with E-state index in [9.17, 15) is 17.6 Å². The van der Waals surface area contributed by atoms with Crippen LogP contribution in [0.4, 0.5) is 10.1 Å². The Morgan fingerprint density at radius 1 is 1.14 bits per heavy atom. The van der Waals surface area contributed by atoms with Gasteiger partial charge in [-0.3, -0.25) is 4.79 Å². The number of carbonyl (C=O) groups is 1. The van der Waals surface area contributed by atoms with Gasteiger partial charge in [-0.1, -0.05) is 26.0 Å². The summed E-state index contributed by atoms with van der Waals surface area (Å²) in [5, 5.41) is 2.72. The molecule has 0 spiro atoms. The number of nitrogens with one attached hydrogen (secondary N) is 1. The van der Waals surface area contributed by atoms with Crippen molar-refractivity contribution < 1.29 is 17.6 Å². The number of amides is 1. The Hall–Kier alpha value is -2.51. The molecule has 0 saturated carbocycles. The van der Waals surface area contributed by atoms with Gasteiger partial charge in [0.15, 0.2) is 0 Å². The molecule has 0 aromatic heterocycles. The number of rotatable bonds is 7. The van der Waals surface area contributed by atoms with Gasteiger partial charge in [0, 0.05) is 24.9 Å². The van der Waals surface area contributed by atoms with Crippen LogP contribution in [0.2, 0.25) is 0 Å². The summed E-state index contributed by atoms with van der Waals surface area (Å²) in [6.07, 6.45) is 2.78. The molecule has 2 rings (SSSR count). The van der Waals surface area contributed by atoms with E-state index in [4.69, 9.17) is 0 Å². The smallest absolute Gasteiger partial charge is 0.248 e. The normalized spacial score (nSPS) is 11.9. The van der Waals surface area contributed by atoms with E-state index in [1.165, 1.54) is 34.7 Å². The number of aryl methyl sites for hydroxylation is 1. The first-order chi connectivity index (χ1) is 13.2. The maximum Gasteiger partial charge on any atom is 0.248 e. The second-order valence-electron chi connectivity index (χ2n) is 6.38. The van der Waals surface area contributed by atoms with Crippen LogP contribution in [0.25, 0.3) is 6.08 Å². The van der Waals surface area contributed by atoms with Crippen LogP contribution in [-0.2, 0) is 14.8 Å². The van der Waals surface area contributed by atoms with Crippen LogP contribution in [0.1, 0.15) is 30.5 Å². The van der Waals surface area contributed by atoms with Gasteiger partial charge >= 0.3 is 0 Å². The van der Waals surface area contributed by atoms with E-state index < -0.39 is 15.9 Å². The topological polar surface area (TPSA) is 66.5 Å². The van der Waals surface area contributed by atoms with Crippen LogP contribution in [0, 0.1) is 19.7 Å². The average molecular weight is 405 g/mol. The molecule has 0 aliphatic carbocycles. The van der Waals surface area contributed by atoms with Crippen LogP contribution in [0.15, 0.2) is 47.4 Å². The Morgan fingerprint density at radius 3 is 2.43 bits per heavy atom. The standard InChI is InChI=1S/C21H25FN2O3S/c1-5-24(6-2)28(26,27)19-12-15(3)16(4)20(14-19)23-21(25)11-10-17-8-7-9-18(22)13-17/h7-14H,5-6H2,1-4H3,(H,23,25)/b11-10+. The van der Waals surface area contributed by atoms with Crippen molar-refractivity contribution in [1.82, 2.24) is 4.31 Å². The number of sulfonamides is 1. The summed E-state index contributed by atoms with van der Waals surface area (Å²) in [4.78, 5) is 12.4. The van der Waals surface area contributed by atoms with Crippen molar-refractivity contribution in [2.45, 2.75) is 32.6 Å². The van der Waals surface area contributed by atoms with E-state index in [-0.39, 0.29) is 10.7 Å². The van der Waals surface area contributed by atoms with Crippen molar-refractivity contribution in [2.75, 3.05) is 18.4 Å². The molecule has 5 nitrogen and oxygen atoms in total. The number of carbonyl (C=O) groups excluding carboxylic acids is 1. The predicted molar refractivity (Wildman–Crippen MR) is 110 cm³/mol. The van der Waals surface area contributed by atoms with Crippen LogP contribution >= 0.6 is 0 Å². The zero-order valence-corrected chi connectivity index (χ0v) is 17.3. The van der Waals surface area contributed by atoms with E-state index >= 15 is 0 Å². The largest absolute Gasteiger partial charge is 0.322 e. The Kier molecular flexibility index (Phi) is 7.10. The van der Waals surface area contributed by atoms with Gasteiger partial charge in [-0.2, -0.15) is 4.31 Å². The van der Waals surface area contributed by atoms with Crippen LogP contribution in [0.5, 0.6) is 0 Å². The molecule has 0 unspecified atom stereocenters. The van der Waals surface area contributed by atoms with Crippen LogP contribution < -0.4 is 5.32 Å². The average Bonchev–Trinajstić information content (AvgIpc) is 2.64. The highest BCUT2D eigenvalue weighted by Crippen LogP contribution is 2.26. The fourth-order valence-corrected chi connectivity index (χ4v) is 4.34. The fourth-order valence-electron chi connectivity index (χ4n) is 2.77. The zero-order valence-electron chi connectivity index (χ0n) is 16.5. The number of hydrogen-bond acceptors (Lipinski definition) is 3. The van der Waals surface area contributed by atoms with Crippen molar-refractivity contribution in [1.29, 1.82) is 0 Å². The number of nitrogens with zero attached hydrogens (tertiary/aromatic N) is 1. The SMILES string of the molecule is CCN(CC)S(=O)(=O)c1cc(C)c(C)c(NC(=O)/C=C/c2cccc(F)c2)c1. The monoisotopic (exact) mass is 404 g/mol. The molecule has 0 aliphatic rings.